The maximum absolute atomic E-state index is 12.9. The van der Waals surface area contributed by atoms with Crippen LogP contribution in [0.25, 0.3) is 5.69 Å². The molecule has 1 aromatic heterocycles. The van der Waals surface area contributed by atoms with Crippen LogP contribution in [0.2, 0.25) is 10.0 Å². The predicted octanol–water partition coefficient (Wildman–Crippen LogP) is 5.65. The lowest BCUT2D eigenvalue weighted by molar-refractivity contribution is -0.131. The highest BCUT2D eigenvalue weighted by Crippen LogP contribution is 2.30. The number of carbonyl (C=O) groups excluding carboxylic acids is 2. The largest absolute Gasteiger partial charge is 0.394 e. The standard InChI is InChI=1S/C27H31Cl2N5O3/c1-27(2,3)22-15-23(31-26(37)30-21-11-5-10-20(28)25(21)29)34(32-22)18-8-4-7-17(13-18)14-24(36)33-12-6-9-19(33)16-35/h4-5,7-8,10-11,13,15,19,35H,6,9,12,14,16H2,1-3H3,(H2,30,31,37)/t19-/m1/s1. The summed E-state index contributed by atoms with van der Waals surface area (Å²) in [5.41, 5.74) is 2.43. The molecular weight excluding hydrogens is 513 g/mol. The second-order valence-corrected chi connectivity index (χ2v) is 11.0. The molecule has 2 heterocycles. The molecule has 1 saturated heterocycles. The van der Waals surface area contributed by atoms with Crippen molar-refractivity contribution in [2.24, 2.45) is 0 Å². The number of carbonyl (C=O) groups is 2. The van der Waals surface area contributed by atoms with E-state index in [-0.39, 0.29) is 35.4 Å². The molecule has 1 atom stereocenters. The zero-order valence-corrected chi connectivity index (χ0v) is 22.6. The average molecular weight is 544 g/mol. The Labute approximate surface area is 226 Å². The summed E-state index contributed by atoms with van der Waals surface area (Å²) in [6.45, 7) is 6.76. The first-order chi connectivity index (χ1) is 17.6. The number of nitrogens with one attached hydrogen (secondary N) is 2. The normalized spacial score (nSPS) is 15.6. The third-order valence-corrected chi connectivity index (χ3v) is 7.16. The van der Waals surface area contributed by atoms with Crippen LogP contribution >= 0.6 is 23.2 Å². The Balaban J connectivity index is 1.59. The van der Waals surface area contributed by atoms with Crippen molar-refractivity contribution in [2.45, 2.75) is 51.5 Å². The van der Waals surface area contributed by atoms with Gasteiger partial charge in [0.1, 0.15) is 5.82 Å². The SMILES string of the molecule is CC(C)(C)c1cc(NC(=O)Nc2cccc(Cl)c2Cl)n(-c2cccc(CC(=O)N3CCC[C@@H]3CO)c2)n1. The minimum absolute atomic E-state index is 0.0133. The van der Waals surface area contributed by atoms with E-state index in [9.17, 15) is 14.7 Å². The predicted molar refractivity (Wildman–Crippen MR) is 147 cm³/mol. The van der Waals surface area contributed by atoms with Crippen LogP contribution in [-0.2, 0) is 16.6 Å². The number of halogens is 2. The van der Waals surface area contributed by atoms with E-state index >= 15 is 0 Å². The number of likely N-dealkylation sites (tertiary alicyclic amines) is 1. The number of urea groups is 1. The molecule has 10 heteroatoms. The van der Waals surface area contributed by atoms with Crippen molar-refractivity contribution >= 4 is 46.6 Å². The van der Waals surface area contributed by atoms with E-state index in [1.54, 1.807) is 27.8 Å². The van der Waals surface area contributed by atoms with Crippen molar-refractivity contribution in [3.05, 3.63) is 69.8 Å². The van der Waals surface area contributed by atoms with Gasteiger partial charge in [-0.15, -0.1) is 0 Å². The minimum atomic E-state index is -0.499. The highest BCUT2D eigenvalue weighted by atomic mass is 35.5. The molecule has 3 aromatic rings. The Morgan fingerprint density at radius 3 is 2.59 bits per heavy atom. The molecule has 8 nitrogen and oxygen atoms in total. The van der Waals surface area contributed by atoms with Gasteiger partial charge in [-0.05, 0) is 42.7 Å². The van der Waals surface area contributed by atoms with Crippen molar-refractivity contribution in [1.29, 1.82) is 0 Å². The van der Waals surface area contributed by atoms with Gasteiger partial charge in [0.25, 0.3) is 0 Å². The fourth-order valence-corrected chi connectivity index (χ4v) is 4.68. The molecule has 37 heavy (non-hydrogen) atoms. The molecule has 0 spiro atoms. The Morgan fingerprint density at radius 1 is 1.11 bits per heavy atom. The van der Waals surface area contributed by atoms with Gasteiger partial charge in [-0.1, -0.05) is 62.2 Å². The number of anilines is 2. The van der Waals surface area contributed by atoms with E-state index in [1.165, 1.54) is 0 Å². The van der Waals surface area contributed by atoms with Gasteiger partial charge in [-0.3, -0.25) is 10.1 Å². The summed E-state index contributed by atoms with van der Waals surface area (Å²) in [6.07, 6.45) is 1.94. The lowest BCUT2D eigenvalue weighted by atomic mass is 9.92. The van der Waals surface area contributed by atoms with Gasteiger partial charge in [0.05, 0.1) is 46.2 Å². The summed E-state index contributed by atoms with van der Waals surface area (Å²) >= 11 is 12.3. The monoisotopic (exact) mass is 543 g/mol. The third kappa shape index (κ3) is 6.26. The molecule has 0 aliphatic carbocycles. The van der Waals surface area contributed by atoms with Gasteiger partial charge in [-0.2, -0.15) is 5.10 Å². The summed E-state index contributed by atoms with van der Waals surface area (Å²) < 4.78 is 1.65. The Kier molecular flexibility index (Phi) is 8.11. The van der Waals surface area contributed by atoms with Crippen LogP contribution in [0.1, 0.15) is 44.9 Å². The molecule has 1 aliphatic heterocycles. The van der Waals surface area contributed by atoms with E-state index in [0.29, 0.717) is 28.8 Å². The molecule has 0 radical (unpaired) electrons. The summed E-state index contributed by atoms with van der Waals surface area (Å²) in [7, 11) is 0. The van der Waals surface area contributed by atoms with Crippen molar-refractivity contribution in [1.82, 2.24) is 14.7 Å². The number of amides is 3. The van der Waals surface area contributed by atoms with E-state index in [1.807, 2.05) is 51.1 Å². The van der Waals surface area contributed by atoms with Crippen LogP contribution in [0.3, 0.4) is 0 Å². The average Bonchev–Trinajstić information content (AvgIpc) is 3.49. The van der Waals surface area contributed by atoms with E-state index in [4.69, 9.17) is 28.3 Å². The second-order valence-electron chi connectivity index (χ2n) is 10.2. The van der Waals surface area contributed by atoms with Crippen LogP contribution in [0.15, 0.2) is 48.5 Å². The topological polar surface area (TPSA) is 99.5 Å². The van der Waals surface area contributed by atoms with Crippen LogP contribution in [0.5, 0.6) is 0 Å². The van der Waals surface area contributed by atoms with Crippen LogP contribution < -0.4 is 10.6 Å². The van der Waals surface area contributed by atoms with Crippen molar-refractivity contribution < 1.29 is 14.7 Å². The molecule has 0 unspecified atom stereocenters. The number of aromatic nitrogens is 2. The lowest BCUT2D eigenvalue weighted by Crippen LogP contribution is -2.38. The molecule has 0 saturated carbocycles. The molecule has 1 fully saturated rings. The highest BCUT2D eigenvalue weighted by Gasteiger charge is 2.28. The highest BCUT2D eigenvalue weighted by molar-refractivity contribution is 6.44. The summed E-state index contributed by atoms with van der Waals surface area (Å²) in [5.74, 6) is 0.449. The Morgan fingerprint density at radius 2 is 1.86 bits per heavy atom. The Bertz CT molecular complexity index is 1300. The van der Waals surface area contributed by atoms with Crippen LogP contribution in [0, 0.1) is 0 Å². The number of aliphatic hydroxyl groups excluding tert-OH is 1. The molecule has 2 aromatic carbocycles. The van der Waals surface area contributed by atoms with Crippen LogP contribution in [0.4, 0.5) is 16.3 Å². The number of hydrogen-bond acceptors (Lipinski definition) is 4. The van der Waals surface area contributed by atoms with Gasteiger partial charge < -0.3 is 15.3 Å². The third-order valence-electron chi connectivity index (χ3n) is 6.34. The second kappa shape index (κ2) is 11.1. The van der Waals surface area contributed by atoms with Crippen molar-refractivity contribution in [3.63, 3.8) is 0 Å². The van der Waals surface area contributed by atoms with E-state index in [2.05, 4.69) is 10.6 Å². The molecule has 196 valence electrons. The fraction of sp³-hybridized carbons (Fsp3) is 0.370. The van der Waals surface area contributed by atoms with Crippen molar-refractivity contribution in [2.75, 3.05) is 23.8 Å². The quantitative estimate of drug-likeness (QED) is 0.374. The van der Waals surface area contributed by atoms with Crippen LogP contribution in [-0.4, -0.2) is 50.9 Å². The fourth-order valence-electron chi connectivity index (χ4n) is 4.33. The smallest absolute Gasteiger partial charge is 0.324 e. The van der Waals surface area contributed by atoms with Crippen molar-refractivity contribution in [3.8, 4) is 5.69 Å². The number of benzene rings is 2. The van der Waals surface area contributed by atoms with E-state index < -0.39 is 6.03 Å². The zero-order valence-electron chi connectivity index (χ0n) is 21.1. The number of aliphatic hydroxyl groups is 1. The van der Waals surface area contributed by atoms with Gasteiger partial charge in [-0.25, -0.2) is 9.48 Å². The van der Waals surface area contributed by atoms with Gasteiger partial charge in [0.15, 0.2) is 0 Å². The molecular formula is C27H31Cl2N5O3. The summed E-state index contributed by atoms with van der Waals surface area (Å²) in [5, 5.41) is 20.5. The first-order valence-electron chi connectivity index (χ1n) is 12.2. The maximum Gasteiger partial charge on any atom is 0.324 e. The maximum atomic E-state index is 12.9. The molecule has 1 aliphatic rings. The number of nitrogens with zero attached hydrogens (tertiary/aromatic N) is 3. The van der Waals surface area contributed by atoms with E-state index in [0.717, 1.165) is 24.1 Å². The minimum Gasteiger partial charge on any atom is -0.394 e. The molecule has 0 bridgehead atoms. The lowest BCUT2D eigenvalue weighted by Gasteiger charge is -2.23. The molecule has 3 N–H and O–H groups in total. The zero-order chi connectivity index (χ0) is 26.7. The molecule has 3 amide bonds. The first-order valence-corrected chi connectivity index (χ1v) is 12.9. The van der Waals surface area contributed by atoms with Gasteiger partial charge in [0, 0.05) is 18.0 Å². The van der Waals surface area contributed by atoms with Gasteiger partial charge in [0.2, 0.25) is 5.91 Å². The number of rotatable bonds is 6. The summed E-state index contributed by atoms with van der Waals surface area (Å²) in [4.78, 5) is 27.5. The van der Waals surface area contributed by atoms with Gasteiger partial charge >= 0.3 is 6.03 Å². The number of hydrogen-bond donors (Lipinski definition) is 3. The molecule has 4 rings (SSSR count). The first kappa shape index (κ1) is 27.0. The summed E-state index contributed by atoms with van der Waals surface area (Å²) in [6, 6.07) is 13.7. The Hall–Kier alpha value is -3.07.